The average Bonchev–Trinajstić information content (AvgIpc) is 3.54. The molecule has 1 aliphatic carbocycles. The Labute approximate surface area is 186 Å². The molecule has 0 saturated heterocycles. The Morgan fingerprint density at radius 1 is 0.774 bits per heavy atom. The zero-order valence-corrected chi connectivity index (χ0v) is 17.5. The number of hydrogen-bond donors (Lipinski definition) is 0. The zero-order chi connectivity index (χ0) is 19.7. The van der Waals surface area contributed by atoms with Crippen LogP contribution in [0.15, 0.2) is 107 Å². The van der Waals surface area contributed by atoms with E-state index in [1.165, 1.54) is 38.7 Å². The van der Waals surface area contributed by atoms with Crippen LogP contribution in [-0.2, 0) is 5.41 Å². The molecule has 152 valence electrons. The van der Waals surface area contributed by atoms with Gasteiger partial charge in [-0.15, -0.1) is 0 Å². The minimum absolute atomic E-state index is 0. The molecule has 2 aliphatic heterocycles. The van der Waals surface area contributed by atoms with Crippen LogP contribution in [0.4, 0.5) is 0 Å². The maximum Gasteiger partial charge on any atom is 0.198 e. The average molecular weight is 426 g/mol. The summed E-state index contributed by atoms with van der Waals surface area (Å²) in [7, 11) is 0. The van der Waals surface area contributed by atoms with E-state index in [1.54, 1.807) is 12.5 Å². The lowest BCUT2D eigenvalue weighted by molar-refractivity contribution is -0.731. The molecular formula is C27H20ClNO2. The Bertz CT molecular complexity index is 1350. The van der Waals surface area contributed by atoms with Gasteiger partial charge in [-0.2, -0.15) is 4.57 Å². The highest BCUT2D eigenvalue weighted by Gasteiger charge is 2.60. The van der Waals surface area contributed by atoms with E-state index < -0.39 is 0 Å². The van der Waals surface area contributed by atoms with E-state index in [2.05, 4.69) is 77.5 Å². The molecule has 0 amide bonds. The van der Waals surface area contributed by atoms with Gasteiger partial charge in [0.15, 0.2) is 17.9 Å². The van der Waals surface area contributed by atoms with Gasteiger partial charge in [-0.3, -0.25) is 0 Å². The number of pyridine rings is 1. The second kappa shape index (κ2) is 6.60. The Kier molecular flexibility index (Phi) is 3.93. The molecule has 2 atom stereocenters. The number of aromatic nitrogens is 1. The summed E-state index contributed by atoms with van der Waals surface area (Å²) in [6.45, 7) is 0. The first-order valence-corrected chi connectivity index (χ1v) is 10.4. The highest BCUT2D eigenvalue weighted by molar-refractivity contribution is 5.85. The van der Waals surface area contributed by atoms with Gasteiger partial charge in [-0.25, -0.2) is 0 Å². The fraction of sp³-hybridized carbons (Fsp3) is 0.148. The van der Waals surface area contributed by atoms with Crippen molar-refractivity contribution < 1.29 is 25.8 Å². The third-order valence-electron chi connectivity index (χ3n) is 7.29. The maximum atomic E-state index is 5.62. The number of nitrogens with zero attached hydrogens (tertiary/aromatic N) is 1. The smallest absolute Gasteiger partial charge is 0.198 e. The van der Waals surface area contributed by atoms with Crippen LogP contribution in [0.5, 0.6) is 0 Å². The minimum Gasteiger partial charge on any atom is -1.00 e. The Hall–Kier alpha value is -3.30. The van der Waals surface area contributed by atoms with Gasteiger partial charge >= 0.3 is 0 Å². The normalized spacial score (nSPS) is 20.1. The fourth-order valence-corrected chi connectivity index (χ4v) is 6.11. The van der Waals surface area contributed by atoms with Crippen molar-refractivity contribution >= 4 is 10.8 Å². The summed E-state index contributed by atoms with van der Waals surface area (Å²) in [6.07, 6.45) is 10.7. The van der Waals surface area contributed by atoms with Crippen LogP contribution in [0.25, 0.3) is 10.8 Å². The molecule has 0 radical (unpaired) electrons. The lowest BCUT2D eigenvalue weighted by atomic mass is 9.53. The van der Waals surface area contributed by atoms with Gasteiger partial charge in [0.05, 0.1) is 36.4 Å². The third kappa shape index (κ3) is 2.27. The first-order chi connectivity index (χ1) is 14.9. The lowest BCUT2D eigenvalue weighted by Gasteiger charge is -2.48. The molecule has 4 heteroatoms. The molecule has 5 heterocycles. The second-order valence-corrected chi connectivity index (χ2v) is 8.47. The van der Waals surface area contributed by atoms with Gasteiger partial charge in [0.25, 0.3) is 0 Å². The molecule has 2 aromatic carbocycles. The number of furan rings is 2. The van der Waals surface area contributed by atoms with Gasteiger partial charge in [0.1, 0.15) is 0 Å². The topological polar surface area (TPSA) is 30.2 Å². The number of fused-ring (bicyclic) bond motifs is 2. The standard InChI is InChI=1S/C27H20NO2.ClH/c1-2-6-21-18(5-1)9-12-28-24-15-27(19-10-13-29-16-19,20-11-14-30-17-20)25(26(21)28)23-8-4-3-7-22(23)24;/h1-14,16-17,24-25H,15H2;1H/q+1;/p-1. The Morgan fingerprint density at radius 2 is 1.45 bits per heavy atom. The summed E-state index contributed by atoms with van der Waals surface area (Å²) in [5, 5.41) is 2.60. The summed E-state index contributed by atoms with van der Waals surface area (Å²) in [5.41, 5.74) is 6.42. The molecule has 3 aliphatic rings. The van der Waals surface area contributed by atoms with Crippen molar-refractivity contribution in [1.82, 2.24) is 0 Å². The molecule has 0 fully saturated rings. The fourth-order valence-electron chi connectivity index (χ4n) is 6.11. The van der Waals surface area contributed by atoms with Crippen LogP contribution in [0.1, 0.15) is 46.3 Å². The molecule has 31 heavy (non-hydrogen) atoms. The van der Waals surface area contributed by atoms with Gasteiger partial charge in [-0.1, -0.05) is 42.5 Å². The van der Waals surface area contributed by atoms with Crippen molar-refractivity contribution in [1.29, 1.82) is 0 Å². The zero-order valence-electron chi connectivity index (χ0n) is 16.7. The third-order valence-corrected chi connectivity index (χ3v) is 7.29. The molecule has 5 aromatic rings. The van der Waals surface area contributed by atoms with Crippen LogP contribution < -0.4 is 17.0 Å². The predicted octanol–water partition coefficient (Wildman–Crippen LogP) is 2.74. The number of benzene rings is 2. The summed E-state index contributed by atoms with van der Waals surface area (Å²) < 4.78 is 13.8. The predicted molar refractivity (Wildman–Crippen MR) is 113 cm³/mol. The van der Waals surface area contributed by atoms with E-state index >= 15 is 0 Å². The van der Waals surface area contributed by atoms with E-state index in [4.69, 9.17) is 8.83 Å². The number of halogens is 1. The minimum atomic E-state index is -0.233. The number of hydrogen-bond acceptors (Lipinski definition) is 2. The first-order valence-electron chi connectivity index (χ1n) is 10.4. The highest BCUT2D eigenvalue weighted by atomic mass is 35.5. The molecular weight excluding hydrogens is 406 g/mol. The van der Waals surface area contributed by atoms with Crippen LogP contribution in [0.3, 0.4) is 0 Å². The van der Waals surface area contributed by atoms with Crippen molar-refractivity contribution in [3.05, 3.63) is 126 Å². The molecule has 0 saturated carbocycles. The van der Waals surface area contributed by atoms with Crippen LogP contribution >= 0.6 is 0 Å². The van der Waals surface area contributed by atoms with Gasteiger partial charge < -0.3 is 21.2 Å². The van der Waals surface area contributed by atoms with Crippen LogP contribution in [0, 0.1) is 0 Å². The molecule has 8 rings (SSSR count). The quantitative estimate of drug-likeness (QED) is 0.407. The second-order valence-electron chi connectivity index (χ2n) is 8.47. The lowest BCUT2D eigenvalue weighted by Crippen LogP contribution is -3.00. The summed E-state index contributed by atoms with van der Waals surface area (Å²) in [4.78, 5) is 0. The van der Waals surface area contributed by atoms with Crippen molar-refractivity contribution in [3.63, 3.8) is 0 Å². The van der Waals surface area contributed by atoms with E-state index in [0.717, 1.165) is 6.42 Å². The SMILES string of the molecule is [Cl-].c1ccc2c(c1)C1CC(c3ccoc3)(c3ccoc3)C2c2c3ccccc3cc[n+]21. The van der Waals surface area contributed by atoms with Crippen molar-refractivity contribution in [2.75, 3.05) is 0 Å². The van der Waals surface area contributed by atoms with Gasteiger partial charge in [-0.05, 0) is 29.1 Å². The van der Waals surface area contributed by atoms with Crippen molar-refractivity contribution in [2.24, 2.45) is 0 Å². The molecule has 2 unspecified atom stereocenters. The van der Waals surface area contributed by atoms with E-state index in [-0.39, 0.29) is 29.8 Å². The maximum absolute atomic E-state index is 5.62. The number of rotatable bonds is 2. The van der Waals surface area contributed by atoms with E-state index in [9.17, 15) is 0 Å². The van der Waals surface area contributed by atoms with Gasteiger partial charge in [0, 0.05) is 34.6 Å². The monoisotopic (exact) mass is 425 g/mol. The Balaban J connectivity index is 0.00000185. The first kappa shape index (κ1) is 18.5. The molecule has 2 bridgehead atoms. The molecule has 0 spiro atoms. The summed E-state index contributed by atoms with van der Waals surface area (Å²) in [6, 6.07) is 24.5. The van der Waals surface area contributed by atoms with Crippen molar-refractivity contribution in [2.45, 2.75) is 23.8 Å². The van der Waals surface area contributed by atoms with Crippen LogP contribution in [-0.4, -0.2) is 0 Å². The van der Waals surface area contributed by atoms with Crippen LogP contribution in [0.2, 0.25) is 0 Å². The largest absolute Gasteiger partial charge is 1.00 e. The van der Waals surface area contributed by atoms with Crippen molar-refractivity contribution in [3.8, 4) is 0 Å². The molecule has 3 aromatic heterocycles. The van der Waals surface area contributed by atoms with Gasteiger partial charge in [0.2, 0.25) is 0 Å². The Morgan fingerprint density at radius 3 is 2.16 bits per heavy atom. The van der Waals surface area contributed by atoms with E-state index in [1.807, 2.05) is 12.5 Å². The molecule has 3 nitrogen and oxygen atoms in total. The summed E-state index contributed by atoms with van der Waals surface area (Å²) >= 11 is 0. The summed E-state index contributed by atoms with van der Waals surface area (Å²) in [5.74, 6) is 0.167. The molecule has 0 N–H and O–H groups in total. The van der Waals surface area contributed by atoms with E-state index in [0.29, 0.717) is 0 Å². The highest BCUT2D eigenvalue weighted by Crippen LogP contribution is 2.60.